The molecule has 3 rings (SSSR count). The molecular weight excluding hydrogens is 320 g/mol. The molecule has 2 aromatic rings. The zero-order valence-corrected chi connectivity index (χ0v) is 14.7. The van der Waals surface area contributed by atoms with Crippen LogP contribution in [0.4, 0.5) is 10.5 Å². The van der Waals surface area contributed by atoms with Crippen LogP contribution < -0.4 is 5.32 Å². The van der Waals surface area contributed by atoms with Gasteiger partial charge in [0, 0.05) is 6.54 Å². The van der Waals surface area contributed by atoms with Crippen LogP contribution in [0.5, 0.6) is 0 Å². The number of carbonyl (C=O) groups excluding carboxylic acids is 1. The van der Waals surface area contributed by atoms with Gasteiger partial charge in [-0.2, -0.15) is 0 Å². The molecule has 1 atom stereocenters. The van der Waals surface area contributed by atoms with Crippen molar-refractivity contribution in [2.24, 2.45) is 0 Å². The van der Waals surface area contributed by atoms with E-state index in [1.54, 1.807) is 6.07 Å². The first-order valence-corrected chi connectivity index (χ1v) is 8.91. The Labute approximate surface area is 148 Å². The molecule has 1 N–H and O–H groups in total. The third-order valence-corrected chi connectivity index (χ3v) is 4.89. The van der Waals surface area contributed by atoms with Gasteiger partial charge in [0.15, 0.2) is 0 Å². The van der Waals surface area contributed by atoms with E-state index in [0.29, 0.717) is 10.7 Å². The van der Waals surface area contributed by atoms with E-state index in [4.69, 9.17) is 11.6 Å². The summed E-state index contributed by atoms with van der Waals surface area (Å²) in [6.07, 6.45) is 4.35. The first-order chi connectivity index (χ1) is 11.6. The average molecular weight is 343 g/mol. The highest BCUT2D eigenvalue weighted by Gasteiger charge is 2.27. The molecule has 126 valence electrons. The molecule has 1 fully saturated rings. The van der Waals surface area contributed by atoms with Crippen molar-refractivity contribution in [1.82, 2.24) is 4.90 Å². The number of rotatable bonds is 2. The Morgan fingerprint density at radius 2 is 1.96 bits per heavy atom. The van der Waals surface area contributed by atoms with Crippen molar-refractivity contribution < 1.29 is 4.79 Å². The van der Waals surface area contributed by atoms with Gasteiger partial charge in [0.2, 0.25) is 0 Å². The molecule has 0 spiro atoms. The minimum Gasteiger partial charge on any atom is -0.317 e. The number of para-hydroxylation sites is 1. The SMILES string of the molecule is Cc1cccc(C2CCCCCN2C(=O)Nc2ccccc2Cl)c1. The summed E-state index contributed by atoms with van der Waals surface area (Å²) in [4.78, 5) is 14.9. The van der Waals surface area contributed by atoms with E-state index < -0.39 is 0 Å². The van der Waals surface area contributed by atoms with Gasteiger partial charge in [-0.1, -0.05) is 66.4 Å². The lowest BCUT2D eigenvalue weighted by Gasteiger charge is -2.31. The minimum absolute atomic E-state index is 0.0727. The van der Waals surface area contributed by atoms with Crippen LogP contribution in [0.1, 0.15) is 42.9 Å². The second kappa shape index (κ2) is 7.71. The van der Waals surface area contributed by atoms with Crippen LogP contribution in [0.2, 0.25) is 5.02 Å². The number of amides is 2. The highest BCUT2D eigenvalue weighted by atomic mass is 35.5. The molecule has 1 unspecified atom stereocenters. The molecule has 2 aromatic carbocycles. The zero-order valence-electron chi connectivity index (χ0n) is 14.0. The van der Waals surface area contributed by atoms with E-state index >= 15 is 0 Å². The molecule has 0 bridgehead atoms. The van der Waals surface area contributed by atoms with Crippen molar-refractivity contribution in [3.05, 3.63) is 64.7 Å². The summed E-state index contributed by atoms with van der Waals surface area (Å²) in [7, 11) is 0. The quantitative estimate of drug-likeness (QED) is 0.735. The molecule has 2 amide bonds. The van der Waals surface area contributed by atoms with Gasteiger partial charge >= 0.3 is 6.03 Å². The Balaban J connectivity index is 1.84. The second-order valence-electron chi connectivity index (χ2n) is 6.38. The fraction of sp³-hybridized carbons (Fsp3) is 0.350. The highest BCUT2D eigenvalue weighted by Crippen LogP contribution is 2.31. The number of urea groups is 1. The normalized spacial score (nSPS) is 18.1. The van der Waals surface area contributed by atoms with Crippen LogP contribution in [0, 0.1) is 6.92 Å². The summed E-state index contributed by atoms with van der Waals surface area (Å²) in [6, 6.07) is 15.9. The van der Waals surface area contributed by atoms with Crippen LogP contribution >= 0.6 is 11.6 Å². The number of hydrogen-bond acceptors (Lipinski definition) is 1. The van der Waals surface area contributed by atoms with Gasteiger partial charge in [-0.15, -0.1) is 0 Å². The number of likely N-dealkylation sites (tertiary alicyclic amines) is 1. The number of aryl methyl sites for hydroxylation is 1. The number of hydrogen-bond donors (Lipinski definition) is 1. The number of carbonyl (C=O) groups is 1. The first-order valence-electron chi connectivity index (χ1n) is 8.54. The van der Waals surface area contributed by atoms with Gasteiger partial charge in [-0.3, -0.25) is 0 Å². The molecule has 3 nitrogen and oxygen atoms in total. The van der Waals surface area contributed by atoms with E-state index in [2.05, 4.69) is 36.5 Å². The van der Waals surface area contributed by atoms with Crippen molar-refractivity contribution >= 4 is 23.3 Å². The zero-order chi connectivity index (χ0) is 16.9. The Morgan fingerprint density at radius 3 is 2.75 bits per heavy atom. The average Bonchev–Trinajstić information content (AvgIpc) is 2.83. The molecule has 0 aliphatic carbocycles. The number of nitrogens with zero attached hydrogens (tertiary/aromatic N) is 1. The fourth-order valence-corrected chi connectivity index (χ4v) is 3.51. The van der Waals surface area contributed by atoms with Crippen molar-refractivity contribution in [3.63, 3.8) is 0 Å². The van der Waals surface area contributed by atoms with Crippen LogP contribution in [-0.4, -0.2) is 17.5 Å². The van der Waals surface area contributed by atoms with Crippen LogP contribution in [0.3, 0.4) is 0 Å². The van der Waals surface area contributed by atoms with E-state index in [1.165, 1.54) is 11.1 Å². The van der Waals surface area contributed by atoms with Gasteiger partial charge < -0.3 is 10.2 Å². The first kappa shape index (κ1) is 16.8. The summed E-state index contributed by atoms with van der Waals surface area (Å²) in [5, 5.41) is 3.54. The fourth-order valence-electron chi connectivity index (χ4n) is 3.32. The maximum absolute atomic E-state index is 12.9. The lowest BCUT2D eigenvalue weighted by Crippen LogP contribution is -2.38. The third kappa shape index (κ3) is 3.90. The van der Waals surface area contributed by atoms with Crippen LogP contribution in [0.15, 0.2) is 48.5 Å². The summed E-state index contributed by atoms with van der Waals surface area (Å²) in [6.45, 7) is 2.86. The second-order valence-corrected chi connectivity index (χ2v) is 6.79. The maximum atomic E-state index is 12.9. The van der Waals surface area contributed by atoms with Gasteiger partial charge in [0.25, 0.3) is 0 Å². The molecule has 1 aliphatic rings. The van der Waals surface area contributed by atoms with E-state index in [0.717, 1.165) is 32.2 Å². The summed E-state index contributed by atoms with van der Waals surface area (Å²) in [5.41, 5.74) is 3.10. The molecule has 0 saturated carbocycles. The summed E-state index contributed by atoms with van der Waals surface area (Å²) in [5.74, 6) is 0. The molecule has 0 radical (unpaired) electrons. The number of nitrogens with one attached hydrogen (secondary N) is 1. The molecule has 1 aliphatic heterocycles. The highest BCUT2D eigenvalue weighted by molar-refractivity contribution is 6.33. The molecular formula is C20H23ClN2O. The standard InChI is InChI=1S/C20H23ClN2O/c1-15-8-7-9-16(14-15)19-12-3-2-6-13-23(19)20(24)22-18-11-5-4-10-17(18)21/h4-5,7-11,14,19H,2-3,6,12-13H2,1H3,(H,22,24). The molecule has 4 heteroatoms. The molecule has 0 aromatic heterocycles. The maximum Gasteiger partial charge on any atom is 0.322 e. The predicted molar refractivity (Wildman–Crippen MR) is 99.6 cm³/mol. The van der Waals surface area contributed by atoms with Gasteiger partial charge in [-0.25, -0.2) is 4.79 Å². The summed E-state index contributed by atoms with van der Waals surface area (Å²) < 4.78 is 0. The lowest BCUT2D eigenvalue weighted by atomic mass is 9.99. The smallest absolute Gasteiger partial charge is 0.317 e. The van der Waals surface area contributed by atoms with Gasteiger partial charge in [-0.05, 0) is 37.5 Å². The van der Waals surface area contributed by atoms with E-state index in [9.17, 15) is 4.79 Å². The van der Waals surface area contributed by atoms with Gasteiger partial charge in [0.05, 0.1) is 16.8 Å². The lowest BCUT2D eigenvalue weighted by molar-refractivity contribution is 0.189. The molecule has 1 saturated heterocycles. The van der Waals surface area contributed by atoms with Crippen molar-refractivity contribution in [3.8, 4) is 0 Å². The van der Waals surface area contributed by atoms with Crippen molar-refractivity contribution in [2.45, 2.75) is 38.6 Å². The monoisotopic (exact) mass is 342 g/mol. The molecule has 24 heavy (non-hydrogen) atoms. The van der Waals surface area contributed by atoms with E-state index in [1.807, 2.05) is 23.1 Å². The number of halogens is 1. The van der Waals surface area contributed by atoms with Crippen LogP contribution in [0.25, 0.3) is 0 Å². The van der Waals surface area contributed by atoms with Crippen molar-refractivity contribution in [2.75, 3.05) is 11.9 Å². The Hall–Kier alpha value is -2.00. The Kier molecular flexibility index (Phi) is 5.41. The van der Waals surface area contributed by atoms with E-state index in [-0.39, 0.29) is 12.1 Å². The number of benzene rings is 2. The Bertz CT molecular complexity index is 716. The largest absolute Gasteiger partial charge is 0.322 e. The van der Waals surface area contributed by atoms with Crippen molar-refractivity contribution in [1.29, 1.82) is 0 Å². The minimum atomic E-state index is -0.0727. The van der Waals surface area contributed by atoms with Crippen LogP contribution in [-0.2, 0) is 0 Å². The summed E-state index contributed by atoms with van der Waals surface area (Å²) >= 11 is 6.18. The van der Waals surface area contributed by atoms with Gasteiger partial charge in [0.1, 0.15) is 0 Å². The molecule has 1 heterocycles. The third-order valence-electron chi connectivity index (χ3n) is 4.56. The number of anilines is 1. The Morgan fingerprint density at radius 1 is 1.12 bits per heavy atom. The predicted octanol–water partition coefficient (Wildman–Crippen LogP) is 5.80. The topological polar surface area (TPSA) is 32.3 Å².